The summed E-state index contributed by atoms with van der Waals surface area (Å²) in [4.78, 5) is 8.46. The molecule has 1 aliphatic rings. The number of aromatic amines is 1. The van der Waals surface area contributed by atoms with Crippen molar-refractivity contribution in [1.29, 1.82) is 0 Å². The van der Waals surface area contributed by atoms with Crippen molar-refractivity contribution in [2.24, 2.45) is 0 Å². The predicted octanol–water partition coefficient (Wildman–Crippen LogP) is 29.8. The van der Waals surface area contributed by atoms with Crippen LogP contribution in [0.2, 0.25) is 0 Å². The second-order valence-corrected chi connectivity index (χ2v) is 28.0. The van der Waals surface area contributed by atoms with E-state index in [0.29, 0.717) is 0 Å². The Kier molecular flexibility index (Phi) is 21.0. The molecule has 1 N–H and O–H groups in total. The van der Waals surface area contributed by atoms with Gasteiger partial charge in [-0.3, -0.25) is 0 Å². The van der Waals surface area contributed by atoms with Crippen LogP contribution in [0.15, 0.2) is 385 Å². The predicted molar refractivity (Wildman–Crippen MR) is 467 cm³/mol. The highest BCUT2D eigenvalue weighted by atomic mass is 79.9. The Morgan fingerprint density at radius 3 is 1.24 bits per heavy atom. The zero-order valence-electron chi connectivity index (χ0n) is 56.6. The fourth-order valence-corrected chi connectivity index (χ4v) is 15.3. The van der Waals surface area contributed by atoms with E-state index < -0.39 is 0 Å². The van der Waals surface area contributed by atoms with Gasteiger partial charge >= 0.3 is 0 Å². The highest BCUT2D eigenvalue weighted by Gasteiger charge is 2.19. The number of nitrogens with zero attached hydrogens (tertiary/aromatic N) is 3. The number of aromatic nitrogens is 4. The third kappa shape index (κ3) is 14.3. The van der Waals surface area contributed by atoms with Gasteiger partial charge in [-0.25, -0.2) is 4.98 Å². The number of H-pyrrole nitrogens is 1. The second-order valence-electron chi connectivity index (χ2n) is 26.2. The normalized spacial score (nSPS) is 11.1. The molecule has 0 aliphatic heterocycles. The SMILES string of the molecule is Brc1ccc(-c2cc(-c3ccccc3)cc(-c3ccccc3)n2)cc1.Brc1ccc2c(c1)-c1ccccc1C2.C.C.C.Cc1ccc2c(c1)c1ccccc1n2-c1ccc(-c2ccccc2)cc1.[HH].[HH].c1ccc(-c2ccc(-n3c4ccccc4c4cc(-c5ccc6[nH]c7ccccc7c6c5)ccc43)cc2)cc1. The molecule has 0 atom stereocenters. The molecule has 0 unspecified atom stereocenters. The fraction of sp³-hybridized carbons (Fsp3) is 0.0500. The molecule has 20 rings (SSSR count). The minimum Gasteiger partial charge on any atom is -0.355 e. The highest BCUT2D eigenvalue weighted by molar-refractivity contribution is 9.10. The van der Waals surface area contributed by atoms with Crippen LogP contribution in [0.5, 0.6) is 0 Å². The van der Waals surface area contributed by atoms with E-state index in [4.69, 9.17) is 4.98 Å². The van der Waals surface area contributed by atoms with E-state index in [1.165, 1.54) is 149 Å². The fourth-order valence-electron chi connectivity index (χ4n) is 14.6. The van der Waals surface area contributed by atoms with Crippen LogP contribution >= 0.6 is 31.9 Å². The third-order valence-electron chi connectivity index (χ3n) is 19.7. The van der Waals surface area contributed by atoms with E-state index >= 15 is 0 Å². The molecule has 106 heavy (non-hydrogen) atoms. The molecule has 15 aromatic carbocycles. The Balaban J connectivity index is 0.000000139. The zero-order valence-corrected chi connectivity index (χ0v) is 59.8. The third-order valence-corrected chi connectivity index (χ3v) is 20.7. The second kappa shape index (κ2) is 31.4. The number of aryl methyl sites for hydroxylation is 1. The molecule has 0 bridgehead atoms. The van der Waals surface area contributed by atoms with Gasteiger partial charge in [-0.2, -0.15) is 0 Å². The van der Waals surface area contributed by atoms with Crippen LogP contribution in [0, 0.1) is 6.92 Å². The van der Waals surface area contributed by atoms with Gasteiger partial charge in [-0.05, 0) is 195 Å². The van der Waals surface area contributed by atoms with Crippen LogP contribution < -0.4 is 0 Å². The summed E-state index contributed by atoms with van der Waals surface area (Å²) in [5.74, 6) is 0. The van der Waals surface area contributed by atoms with E-state index in [2.05, 4.69) is 393 Å². The van der Waals surface area contributed by atoms with Gasteiger partial charge in [0.2, 0.25) is 0 Å². The molecular formula is C100H84Br2N4. The van der Waals surface area contributed by atoms with Crippen molar-refractivity contribution in [3.8, 4) is 89.5 Å². The molecule has 0 radical (unpaired) electrons. The summed E-state index contributed by atoms with van der Waals surface area (Å²) in [6.07, 6.45) is 1.08. The molecule has 0 saturated carbocycles. The number of pyridine rings is 1. The van der Waals surface area contributed by atoms with Crippen molar-refractivity contribution >= 4 is 97.3 Å². The maximum absolute atomic E-state index is 4.91. The Labute approximate surface area is 641 Å². The lowest BCUT2D eigenvalue weighted by molar-refractivity contribution is 1.18. The standard InChI is InChI=1S/C36H24N2.C25H19N.C23H16BrN.C13H9Br.3CH4.2H2/c1-2-8-24(9-3-1)25-14-18-28(19-15-25)38-35-13-7-5-11-30(35)32-23-27(17-21-36(32)38)26-16-20-34-31(22-26)29-10-4-6-12-33(29)37-34;1-18-11-16-25-23(17-18)22-9-5-6-10-24(22)26(25)21-14-12-20(13-15-21)19-7-3-2-4-8-19;24-21-13-11-19(12-14-21)23-16-20(17-7-3-1-4-8-17)15-22(25-23)18-9-5-2-6-10-18;14-11-6-5-10-7-9-3-1-2-4-12(9)13(10)8-11;;;;;/h1-23,37H;2-17H,1H3;1-16H;1-6,8H,7H2;3*1H4;2*1H. The van der Waals surface area contributed by atoms with E-state index in [0.717, 1.165) is 37.9 Å². The van der Waals surface area contributed by atoms with E-state index in [1.54, 1.807) is 0 Å². The summed E-state index contributed by atoms with van der Waals surface area (Å²) >= 11 is 7.02. The van der Waals surface area contributed by atoms with Crippen LogP contribution in [-0.2, 0) is 6.42 Å². The number of rotatable bonds is 8. The summed E-state index contributed by atoms with van der Waals surface area (Å²) in [5.41, 5.74) is 30.6. The number of nitrogens with one attached hydrogen (secondary N) is 1. The van der Waals surface area contributed by atoms with Gasteiger partial charge in [-0.15, -0.1) is 0 Å². The van der Waals surface area contributed by atoms with Crippen molar-refractivity contribution in [3.63, 3.8) is 0 Å². The smallest absolute Gasteiger partial charge is 0.0715 e. The van der Waals surface area contributed by atoms with Crippen LogP contribution in [0.1, 0.15) is 41.8 Å². The van der Waals surface area contributed by atoms with Gasteiger partial charge in [0, 0.05) is 77.7 Å². The maximum Gasteiger partial charge on any atom is 0.0715 e. The molecule has 4 aromatic heterocycles. The summed E-state index contributed by atoms with van der Waals surface area (Å²) in [7, 11) is 0. The first-order valence-corrected chi connectivity index (χ1v) is 36.5. The minimum atomic E-state index is 0. The number of benzene rings is 15. The van der Waals surface area contributed by atoms with Crippen LogP contribution in [0.3, 0.4) is 0 Å². The molecule has 6 heteroatoms. The molecule has 0 saturated heterocycles. The minimum absolute atomic E-state index is 0. The zero-order chi connectivity index (χ0) is 69.2. The first-order chi connectivity index (χ1) is 50.8. The molecule has 0 amide bonds. The van der Waals surface area contributed by atoms with Crippen molar-refractivity contribution in [2.75, 3.05) is 0 Å². The Morgan fingerprint density at radius 2 is 0.660 bits per heavy atom. The molecule has 4 nitrogen and oxygen atoms in total. The molecule has 0 spiro atoms. The largest absolute Gasteiger partial charge is 0.355 e. The van der Waals surface area contributed by atoms with Crippen molar-refractivity contribution < 1.29 is 2.85 Å². The summed E-state index contributed by atoms with van der Waals surface area (Å²) in [5, 5.41) is 7.68. The van der Waals surface area contributed by atoms with Crippen molar-refractivity contribution in [2.45, 2.75) is 35.6 Å². The van der Waals surface area contributed by atoms with E-state index in [-0.39, 0.29) is 25.1 Å². The van der Waals surface area contributed by atoms with Gasteiger partial charge in [0.15, 0.2) is 0 Å². The summed E-state index contributed by atoms with van der Waals surface area (Å²) in [6.45, 7) is 2.15. The van der Waals surface area contributed by atoms with Gasteiger partial charge in [0.1, 0.15) is 0 Å². The number of fused-ring (bicyclic) bond motifs is 12. The number of para-hydroxylation sites is 3. The Morgan fingerprint density at radius 1 is 0.274 bits per heavy atom. The lowest BCUT2D eigenvalue weighted by Gasteiger charge is -2.10. The molecule has 4 heterocycles. The Hall–Kier alpha value is -12.2. The van der Waals surface area contributed by atoms with E-state index in [1.807, 2.05) is 36.4 Å². The first kappa shape index (κ1) is 70.8. The average molecular weight is 1500 g/mol. The summed E-state index contributed by atoms with van der Waals surface area (Å²) < 4.78 is 6.97. The average Bonchev–Trinajstić information content (AvgIpc) is 1.59. The number of hydrogen-bond acceptors (Lipinski definition) is 1. The molecule has 1 aliphatic carbocycles. The quantitative estimate of drug-likeness (QED) is 0.162. The molecule has 0 fully saturated rings. The van der Waals surface area contributed by atoms with Gasteiger partial charge in [-0.1, -0.05) is 321 Å². The lowest BCUT2D eigenvalue weighted by atomic mass is 10.00. The van der Waals surface area contributed by atoms with Crippen molar-refractivity contribution in [1.82, 2.24) is 19.1 Å². The lowest BCUT2D eigenvalue weighted by Crippen LogP contribution is -1.93. The topological polar surface area (TPSA) is 38.5 Å². The first-order valence-electron chi connectivity index (χ1n) is 34.9. The van der Waals surface area contributed by atoms with Gasteiger partial charge in [0.25, 0.3) is 0 Å². The Bertz CT molecular complexity index is 6210. The van der Waals surface area contributed by atoms with Crippen LogP contribution in [0.4, 0.5) is 0 Å². The monoisotopic (exact) mass is 1500 g/mol. The van der Waals surface area contributed by atoms with Gasteiger partial charge in [0.05, 0.1) is 33.5 Å². The summed E-state index contributed by atoms with van der Waals surface area (Å²) in [6, 6.07) is 134. The van der Waals surface area contributed by atoms with Gasteiger partial charge < -0.3 is 14.1 Å². The number of hydrogen-bond donors (Lipinski definition) is 1. The maximum atomic E-state index is 4.91. The highest BCUT2D eigenvalue weighted by Crippen LogP contribution is 2.41. The van der Waals surface area contributed by atoms with E-state index in [9.17, 15) is 0 Å². The number of halogens is 2. The molecular weight excluding hydrogens is 1420 g/mol. The van der Waals surface area contributed by atoms with Crippen LogP contribution in [-0.4, -0.2) is 19.1 Å². The molecule has 19 aromatic rings. The van der Waals surface area contributed by atoms with Crippen LogP contribution in [0.25, 0.3) is 155 Å². The molecule has 518 valence electrons. The van der Waals surface area contributed by atoms with Crippen molar-refractivity contribution in [3.05, 3.63) is 402 Å².